The second-order valence-electron chi connectivity index (χ2n) is 31.9. The van der Waals surface area contributed by atoms with Gasteiger partial charge in [-0.1, -0.05) is 220 Å². The minimum atomic E-state index is -2.30. The van der Waals surface area contributed by atoms with Crippen LogP contribution in [0.2, 0.25) is 0 Å². The highest BCUT2D eigenvalue weighted by Crippen LogP contribution is 2.42. The number of hydrogen-bond acceptors (Lipinski definition) is 6. The van der Waals surface area contributed by atoms with E-state index < -0.39 is 13.7 Å². The number of benzene rings is 10. The molecule has 11 heteroatoms. The van der Waals surface area contributed by atoms with Crippen molar-refractivity contribution in [2.75, 3.05) is 0 Å². The Bertz CT molecular complexity index is 6240. The maximum absolute atomic E-state index is 10.2. The maximum atomic E-state index is 10.2. The molecule has 0 spiro atoms. The molecular formula is C96H93BrN8O2. The van der Waals surface area contributed by atoms with Crippen molar-refractivity contribution in [1.82, 2.24) is 38.2 Å². The molecule has 0 fully saturated rings. The van der Waals surface area contributed by atoms with E-state index in [1.807, 2.05) is 163 Å². The van der Waals surface area contributed by atoms with Crippen molar-refractivity contribution in [2.24, 2.45) is 0 Å². The highest BCUT2D eigenvalue weighted by Gasteiger charge is 2.24. The lowest BCUT2D eigenvalue weighted by Gasteiger charge is -2.22. The Morgan fingerprint density at radius 2 is 0.776 bits per heavy atom. The van der Waals surface area contributed by atoms with E-state index in [4.69, 9.17) is 22.9 Å². The maximum Gasteiger partial charge on any atom is 0.138 e. The molecule has 6 heterocycles. The average Bonchev–Trinajstić information content (AvgIpc) is 1.64. The quantitative estimate of drug-likeness (QED) is 0.146. The molecule has 0 aliphatic heterocycles. The summed E-state index contributed by atoms with van der Waals surface area (Å²) in [6.07, 6.45) is 11.3. The number of pyridine rings is 2. The first kappa shape index (κ1) is 65.1. The molecule has 0 radical (unpaired) electrons. The third kappa shape index (κ3) is 15.3. The van der Waals surface area contributed by atoms with Crippen molar-refractivity contribution >= 4 is 59.5 Å². The molecule has 0 aliphatic carbocycles. The zero-order valence-electron chi connectivity index (χ0n) is 69.2. The SMILES string of the molecule is CC(C)(C)c1cc(Br)cc(-n2cnc(-c3ccccc3)c2)c1.[2H]C([2H])([2H])c1cc(C(C)(C)C)cc(C)c1-c1ccnc(-n2c3ccccc3c3ccc(O)cc32)c1.[2H]C([2H])([2H])c1cc(C(C)(C)C)cc(C)c1-c1ccnc(-n2c3ccccc3c3ccc(Oc4cc(-n5cnc(-c6ccccc6)c5)cc(C(C)(C)C)c4)cc32)c1. The van der Waals surface area contributed by atoms with Crippen LogP contribution in [-0.4, -0.2) is 43.3 Å². The monoisotopic (exact) mass is 1470 g/mol. The number of aromatic hydroxyl groups is 1. The number of halogens is 1. The van der Waals surface area contributed by atoms with Gasteiger partial charge in [-0.25, -0.2) is 19.9 Å². The molecular weight excluding hydrogens is 1380 g/mol. The number of nitrogens with zero attached hydrogens (tertiary/aromatic N) is 8. The topological polar surface area (TPSA) is 101 Å². The van der Waals surface area contributed by atoms with E-state index in [9.17, 15) is 5.11 Å². The standard InChI is InChI=1S/C48H46N4O.C29H28N2O.C19H19BrN2/c1-31-22-35(47(3,4)5)23-32(2)46(31)34-20-21-49-45(24-34)52-43-17-13-12-16-40(43)41-19-18-38(28-44(41)52)53-39-26-36(48(6,7)8)25-37(27-39)51-29-42(50-30-51)33-14-10-9-11-15-33;1-18-14-21(29(3,4)5)15-19(2)28(18)20-12-13-30-27(16-20)31-25-9-7-6-8-23(25)24-11-10-22(32)17-26(24)31;1-19(2,3)15-9-16(20)11-17(10-15)22-12-18(21-13-22)14-7-5-4-6-8-14/h9-30H,1-8H3;6-17,32H,1-5H3;4-13H,1-3H3/i2*1D3;. The van der Waals surface area contributed by atoms with E-state index in [-0.39, 0.29) is 27.4 Å². The molecule has 107 heavy (non-hydrogen) atoms. The predicted molar refractivity (Wildman–Crippen MR) is 449 cm³/mol. The fraction of sp³-hybridized carbons (Fsp3) is 0.208. The van der Waals surface area contributed by atoms with Crippen LogP contribution in [0.4, 0.5) is 0 Å². The van der Waals surface area contributed by atoms with Crippen LogP contribution in [0, 0.1) is 27.6 Å². The lowest BCUT2D eigenvalue weighted by Crippen LogP contribution is -2.12. The highest BCUT2D eigenvalue weighted by molar-refractivity contribution is 9.10. The summed E-state index contributed by atoms with van der Waals surface area (Å²) in [4.78, 5) is 18.8. The molecule has 0 unspecified atom stereocenters. The Balaban J connectivity index is 0.000000157. The largest absolute Gasteiger partial charge is 0.508 e. The first-order valence-corrected chi connectivity index (χ1v) is 37.1. The third-order valence-corrected chi connectivity index (χ3v) is 20.3. The highest BCUT2D eigenvalue weighted by atomic mass is 79.9. The van der Waals surface area contributed by atoms with Gasteiger partial charge >= 0.3 is 0 Å². The average molecular weight is 1480 g/mol. The van der Waals surface area contributed by atoms with Gasteiger partial charge in [0.25, 0.3) is 0 Å². The van der Waals surface area contributed by atoms with Crippen LogP contribution in [0.3, 0.4) is 0 Å². The van der Waals surface area contributed by atoms with E-state index in [1.165, 1.54) is 5.56 Å². The van der Waals surface area contributed by atoms with E-state index in [0.717, 1.165) is 132 Å². The lowest BCUT2D eigenvalue weighted by atomic mass is 9.83. The van der Waals surface area contributed by atoms with Gasteiger partial charge in [-0.15, -0.1) is 0 Å². The molecule has 16 aromatic rings. The van der Waals surface area contributed by atoms with Crippen LogP contribution in [0.15, 0.2) is 272 Å². The number of imidazole rings is 2. The van der Waals surface area contributed by atoms with Gasteiger partial charge in [0.1, 0.15) is 28.9 Å². The molecule has 0 aliphatic rings. The minimum absolute atomic E-state index is 0.112. The Morgan fingerprint density at radius 1 is 0.364 bits per heavy atom. The van der Waals surface area contributed by atoms with Crippen LogP contribution >= 0.6 is 15.9 Å². The number of aryl methyl sites for hydroxylation is 4. The smallest absolute Gasteiger partial charge is 0.138 e. The molecule has 0 atom stereocenters. The van der Waals surface area contributed by atoms with Crippen molar-refractivity contribution in [3.05, 3.63) is 317 Å². The van der Waals surface area contributed by atoms with E-state index in [0.29, 0.717) is 34.1 Å². The Hall–Kier alpha value is -11.4. The number of phenols is 1. The fourth-order valence-corrected chi connectivity index (χ4v) is 14.5. The molecule has 10 nitrogen and oxygen atoms in total. The number of phenolic OH excluding ortho intramolecular Hbond substituents is 1. The van der Waals surface area contributed by atoms with Crippen molar-refractivity contribution in [3.63, 3.8) is 0 Å². The summed E-state index contributed by atoms with van der Waals surface area (Å²) in [6.45, 7) is 25.3. The zero-order chi connectivity index (χ0) is 80.4. The van der Waals surface area contributed by atoms with Crippen molar-refractivity contribution < 1.29 is 18.1 Å². The van der Waals surface area contributed by atoms with Gasteiger partial charge in [0.2, 0.25) is 0 Å². The van der Waals surface area contributed by atoms with Gasteiger partial charge in [-0.05, 0) is 207 Å². The fourth-order valence-electron chi connectivity index (χ4n) is 14.0. The Kier molecular flexibility index (Phi) is 17.5. The zero-order valence-corrected chi connectivity index (χ0v) is 64.8. The number of aromatic nitrogens is 8. The molecule has 0 saturated carbocycles. The van der Waals surface area contributed by atoms with Gasteiger partial charge in [0.05, 0.1) is 51.8 Å². The molecule has 0 amide bonds. The summed E-state index contributed by atoms with van der Waals surface area (Å²) in [5.41, 5.74) is 19.5. The van der Waals surface area contributed by atoms with Crippen molar-refractivity contribution in [3.8, 4) is 85.0 Å². The van der Waals surface area contributed by atoms with Crippen molar-refractivity contribution in [2.45, 2.75) is 132 Å². The summed E-state index contributed by atoms with van der Waals surface area (Å²) in [5.74, 6) is 2.93. The van der Waals surface area contributed by atoms with Gasteiger partial charge < -0.3 is 19.0 Å². The van der Waals surface area contributed by atoms with Crippen LogP contribution in [0.5, 0.6) is 17.2 Å². The number of fused-ring (bicyclic) bond motifs is 6. The first-order valence-electron chi connectivity index (χ1n) is 39.3. The second kappa shape index (κ2) is 28.8. The Morgan fingerprint density at radius 3 is 1.25 bits per heavy atom. The number of hydrogen-bond donors (Lipinski definition) is 1. The van der Waals surface area contributed by atoms with Gasteiger partial charge in [-0.3, -0.25) is 9.13 Å². The summed E-state index contributed by atoms with van der Waals surface area (Å²) in [6, 6.07) is 76.7. The summed E-state index contributed by atoms with van der Waals surface area (Å²) in [5, 5.41) is 14.4. The molecule has 16 rings (SSSR count). The predicted octanol–water partition coefficient (Wildman–Crippen LogP) is 25.8. The summed E-state index contributed by atoms with van der Waals surface area (Å²) < 4.78 is 66.5. The minimum Gasteiger partial charge on any atom is -0.508 e. The first-order chi connectivity index (χ1) is 53.4. The third-order valence-electron chi connectivity index (χ3n) is 19.9. The number of para-hydroxylation sites is 2. The van der Waals surface area contributed by atoms with Crippen LogP contribution < -0.4 is 4.74 Å². The number of ether oxygens (including phenoxy) is 1. The van der Waals surface area contributed by atoms with Crippen LogP contribution in [-0.2, 0) is 21.7 Å². The molecule has 536 valence electrons. The van der Waals surface area contributed by atoms with Crippen molar-refractivity contribution in [1.29, 1.82) is 0 Å². The normalized spacial score (nSPS) is 13.1. The second-order valence-corrected chi connectivity index (χ2v) is 32.8. The van der Waals surface area contributed by atoms with Gasteiger partial charge in [-0.2, -0.15) is 0 Å². The van der Waals surface area contributed by atoms with E-state index >= 15 is 0 Å². The lowest BCUT2D eigenvalue weighted by molar-refractivity contribution is 0.476. The molecule has 0 bridgehead atoms. The molecule has 10 aromatic carbocycles. The van der Waals surface area contributed by atoms with E-state index in [1.54, 1.807) is 24.5 Å². The Labute approximate surface area is 646 Å². The molecule has 0 saturated heterocycles. The molecule has 6 aromatic heterocycles. The van der Waals surface area contributed by atoms with E-state index in [2.05, 4.69) is 221 Å². The van der Waals surface area contributed by atoms with Crippen LogP contribution in [0.25, 0.3) is 111 Å². The summed E-state index contributed by atoms with van der Waals surface area (Å²) >= 11 is 3.62. The molecule has 1 N–H and O–H groups in total. The van der Waals surface area contributed by atoms with Gasteiger partial charge in [0, 0.05) is 94.0 Å². The number of rotatable bonds is 10. The summed E-state index contributed by atoms with van der Waals surface area (Å²) in [7, 11) is 0. The van der Waals surface area contributed by atoms with Gasteiger partial charge in [0.15, 0.2) is 0 Å². The van der Waals surface area contributed by atoms with Crippen LogP contribution in [0.1, 0.15) is 136 Å².